The van der Waals surface area contributed by atoms with Gasteiger partial charge in [0.1, 0.15) is 12.1 Å². The number of hydrogen-bond acceptors (Lipinski definition) is 7. The molecule has 11 heteroatoms. The minimum Gasteiger partial charge on any atom is -0.383 e. The molecule has 1 atom stereocenters. The van der Waals surface area contributed by atoms with E-state index in [0.29, 0.717) is 35.0 Å². The molecule has 0 saturated heterocycles. The minimum atomic E-state index is -2.61. The van der Waals surface area contributed by atoms with Crippen LogP contribution in [0.2, 0.25) is 0 Å². The van der Waals surface area contributed by atoms with E-state index < -0.39 is 6.43 Å². The first-order chi connectivity index (χ1) is 16.8. The van der Waals surface area contributed by atoms with Crippen LogP contribution in [0.15, 0.2) is 42.9 Å². The molecule has 0 fully saturated rings. The van der Waals surface area contributed by atoms with Crippen LogP contribution in [0.1, 0.15) is 58.0 Å². The van der Waals surface area contributed by atoms with Crippen molar-refractivity contribution in [1.29, 1.82) is 0 Å². The zero-order valence-corrected chi connectivity index (χ0v) is 19.2. The number of carbonyl (C=O) groups is 1. The van der Waals surface area contributed by atoms with Gasteiger partial charge in [-0.15, -0.1) is 0 Å². The zero-order valence-electron chi connectivity index (χ0n) is 19.2. The molecular formula is C24H23F2N7O2. The first-order valence-corrected chi connectivity index (χ1v) is 11.0. The third-order valence-corrected chi connectivity index (χ3v) is 6.01. The number of halogens is 2. The number of pyridine rings is 2. The third kappa shape index (κ3) is 4.42. The van der Waals surface area contributed by atoms with E-state index in [4.69, 9.17) is 10.5 Å². The van der Waals surface area contributed by atoms with E-state index >= 15 is 0 Å². The standard InChI is InChI=1S/C24H23F2N7O2/c1-13-21-18(11-35-13)17-7-14(4-6-19(17)30-23(21)27)24(34)33(10-20-29-12-32(2)31-20)9-16-5-3-15(8-28-16)22(25)26/h3-8,12-13,22H,9-11H2,1-2H3,(H2,27,30)/t13-/m1/s1. The highest BCUT2D eigenvalue weighted by Gasteiger charge is 2.27. The van der Waals surface area contributed by atoms with Gasteiger partial charge in [-0.3, -0.25) is 14.5 Å². The highest BCUT2D eigenvalue weighted by atomic mass is 19.3. The second kappa shape index (κ2) is 8.99. The number of ether oxygens (including phenoxy) is 1. The molecule has 0 radical (unpaired) electrons. The number of alkyl halides is 2. The van der Waals surface area contributed by atoms with E-state index in [1.807, 2.05) is 6.92 Å². The Morgan fingerprint density at radius 1 is 1.26 bits per heavy atom. The number of nitrogen functional groups attached to an aromatic ring is 1. The summed E-state index contributed by atoms with van der Waals surface area (Å²) in [6, 6.07) is 8.04. The Morgan fingerprint density at radius 2 is 2.09 bits per heavy atom. The molecule has 0 spiro atoms. The molecule has 0 saturated carbocycles. The molecule has 180 valence electrons. The first kappa shape index (κ1) is 22.8. The normalized spacial score (nSPS) is 15.1. The lowest BCUT2D eigenvalue weighted by atomic mass is 10.00. The number of nitrogens with two attached hydrogens (primary N) is 1. The number of rotatable bonds is 6. The molecule has 1 aromatic carbocycles. The first-order valence-electron chi connectivity index (χ1n) is 11.0. The van der Waals surface area contributed by atoms with Gasteiger partial charge in [-0.25, -0.2) is 18.7 Å². The number of hydrogen-bond donors (Lipinski definition) is 1. The van der Waals surface area contributed by atoms with Crippen molar-refractivity contribution >= 4 is 22.6 Å². The van der Waals surface area contributed by atoms with Gasteiger partial charge in [-0.05, 0) is 42.8 Å². The maximum Gasteiger partial charge on any atom is 0.265 e. The quantitative estimate of drug-likeness (QED) is 0.449. The molecule has 1 aliphatic heterocycles. The van der Waals surface area contributed by atoms with E-state index in [1.54, 1.807) is 36.3 Å². The molecule has 3 aromatic heterocycles. The maximum atomic E-state index is 13.7. The zero-order chi connectivity index (χ0) is 24.7. The van der Waals surface area contributed by atoms with Crippen molar-refractivity contribution in [3.63, 3.8) is 0 Å². The molecule has 0 aliphatic carbocycles. The molecule has 0 bridgehead atoms. The molecule has 35 heavy (non-hydrogen) atoms. The fourth-order valence-corrected chi connectivity index (χ4v) is 4.26. The van der Waals surface area contributed by atoms with Gasteiger partial charge in [0, 0.05) is 35.3 Å². The Kier molecular flexibility index (Phi) is 5.85. The minimum absolute atomic E-state index is 0.0941. The monoisotopic (exact) mass is 479 g/mol. The van der Waals surface area contributed by atoms with Crippen LogP contribution in [-0.2, 0) is 31.5 Å². The SMILES string of the molecule is C[C@H]1OCc2c1c(N)nc1ccc(C(=O)N(Cc3ccc(C(F)F)cn3)Cc3ncn(C)n3)cc21. The smallest absolute Gasteiger partial charge is 0.265 e. The molecule has 0 unspecified atom stereocenters. The Morgan fingerprint density at radius 3 is 2.77 bits per heavy atom. The number of nitrogens with zero attached hydrogens (tertiary/aromatic N) is 6. The summed E-state index contributed by atoms with van der Waals surface area (Å²) in [7, 11) is 1.74. The molecule has 1 amide bonds. The Hall–Kier alpha value is -3.99. The van der Waals surface area contributed by atoms with Gasteiger partial charge in [0.15, 0.2) is 5.82 Å². The molecule has 5 rings (SSSR count). The highest BCUT2D eigenvalue weighted by Crippen LogP contribution is 2.38. The van der Waals surface area contributed by atoms with Crippen LogP contribution < -0.4 is 5.73 Å². The lowest BCUT2D eigenvalue weighted by molar-refractivity contribution is 0.0722. The molecule has 1 aliphatic rings. The van der Waals surface area contributed by atoms with Gasteiger partial charge in [-0.2, -0.15) is 5.10 Å². The van der Waals surface area contributed by atoms with Crippen molar-refractivity contribution in [3.8, 4) is 0 Å². The average Bonchev–Trinajstić information content (AvgIpc) is 3.44. The average molecular weight is 479 g/mol. The summed E-state index contributed by atoms with van der Waals surface area (Å²) in [6.07, 6.45) is -0.112. The van der Waals surface area contributed by atoms with Gasteiger partial charge < -0.3 is 15.4 Å². The van der Waals surface area contributed by atoms with Crippen LogP contribution in [0.4, 0.5) is 14.6 Å². The second-order valence-corrected chi connectivity index (χ2v) is 8.45. The second-order valence-electron chi connectivity index (χ2n) is 8.45. The summed E-state index contributed by atoms with van der Waals surface area (Å²) in [5.41, 5.74) is 9.32. The predicted octanol–water partition coefficient (Wildman–Crippen LogP) is 3.71. The van der Waals surface area contributed by atoms with E-state index in [-0.39, 0.29) is 30.7 Å². The summed E-state index contributed by atoms with van der Waals surface area (Å²) in [5.74, 6) is 0.595. The van der Waals surface area contributed by atoms with Crippen LogP contribution in [0.3, 0.4) is 0 Å². The van der Waals surface area contributed by atoms with Gasteiger partial charge in [0.2, 0.25) is 0 Å². The molecule has 9 nitrogen and oxygen atoms in total. The Balaban J connectivity index is 1.50. The topological polar surface area (TPSA) is 112 Å². The van der Waals surface area contributed by atoms with Crippen LogP contribution in [0.25, 0.3) is 10.9 Å². The summed E-state index contributed by atoms with van der Waals surface area (Å²) in [6.45, 7) is 2.52. The number of carbonyl (C=O) groups excluding carboxylic acids is 1. The number of aryl methyl sites for hydroxylation is 1. The van der Waals surface area contributed by atoms with Crippen LogP contribution in [0.5, 0.6) is 0 Å². The van der Waals surface area contributed by atoms with Crippen LogP contribution in [-0.4, -0.2) is 35.5 Å². The largest absolute Gasteiger partial charge is 0.383 e. The van der Waals surface area contributed by atoms with Crippen molar-refractivity contribution in [2.24, 2.45) is 7.05 Å². The van der Waals surface area contributed by atoms with Gasteiger partial charge in [-0.1, -0.05) is 0 Å². The number of aromatic nitrogens is 5. The lowest BCUT2D eigenvalue weighted by Gasteiger charge is -2.22. The molecule has 4 heterocycles. The number of fused-ring (bicyclic) bond motifs is 3. The van der Waals surface area contributed by atoms with Crippen LogP contribution >= 0.6 is 0 Å². The summed E-state index contributed by atoms with van der Waals surface area (Å²) in [4.78, 5) is 28.0. The van der Waals surface area contributed by atoms with Crippen molar-refractivity contribution in [2.45, 2.75) is 39.1 Å². The van der Waals surface area contributed by atoms with Gasteiger partial charge in [0.25, 0.3) is 12.3 Å². The van der Waals surface area contributed by atoms with Crippen molar-refractivity contribution < 1.29 is 18.3 Å². The number of benzene rings is 1. The Bertz CT molecular complexity index is 1410. The lowest BCUT2D eigenvalue weighted by Crippen LogP contribution is -2.31. The molecule has 4 aromatic rings. The van der Waals surface area contributed by atoms with Crippen molar-refractivity contribution in [2.75, 3.05) is 5.73 Å². The van der Waals surface area contributed by atoms with E-state index in [1.165, 1.54) is 17.0 Å². The van der Waals surface area contributed by atoms with Gasteiger partial charge >= 0.3 is 0 Å². The number of amides is 1. The van der Waals surface area contributed by atoms with E-state index in [9.17, 15) is 13.6 Å². The van der Waals surface area contributed by atoms with Crippen molar-refractivity contribution in [1.82, 2.24) is 29.6 Å². The fraction of sp³-hybridized carbons (Fsp3) is 0.292. The van der Waals surface area contributed by atoms with Crippen molar-refractivity contribution in [3.05, 3.63) is 76.6 Å². The maximum absolute atomic E-state index is 13.7. The van der Waals surface area contributed by atoms with Gasteiger partial charge in [0.05, 0.1) is 37.0 Å². The third-order valence-electron chi connectivity index (χ3n) is 6.01. The fourth-order valence-electron chi connectivity index (χ4n) is 4.26. The summed E-state index contributed by atoms with van der Waals surface area (Å²) >= 11 is 0. The predicted molar refractivity (Wildman–Crippen MR) is 123 cm³/mol. The number of anilines is 1. The van der Waals surface area contributed by atoms with Crippen LogP contribution in [0, 0.1) is 0 Å². The highest BCUT2D eigenvalue weighted by molar-refractivity contribution is 5.99. The molecular weight excluding hydrogens is 456 g/mol. The van der Waals surface area contributed by atoms with E-state index in [2.05, 4.69) is 20.1 Å². The summed E-state index contributed by atoms with van der Waals surface area (Å²) < 4.78 is 33.2. The summed E-state index contributed by atoms with van der Waals surface area (Å²) in [5, 5.41) is 5.08. The molecule has 2 N–H and O–H groups in total. The van der Waals surface area contributed by atoms with E-state index in [0.717, 1.165) is 22.7 Å². The Labute approximate surface area is 199 Å².